The third kappa shape index (κ3) is 4.74. The smallest absolute Gasteiger partial charge is 0.233 e. The van der Waals surface area contributed by atoms with E-state index in [1.807, 2.05) is 42.8 Å². The first kappa shape index (κ1) is 19.1. The first-order valence-corrected chi connectivity index (χ1v) is 9.50. The molecule has 0 bridgehead atoms. The Hall–Kier alpha value is -2.67. The van der Waals surface area contributed by atoms with Crippen LogP contribution in [0.1, 0.15) is 11.1 Å². The molecule has 140 valence electrons. The van der Waals surface area contributed by atoms with Gasteiger partial charge in [0.05, 0.1) is 5.75 Å². The van der Waals surface area contributed by atoms with Gasteiger partial charge in [-0.05, 0) is 36.8 Å². The van der Waals surface area contributed by atoms with Crippen LogP contribution in [-0.4, -0.2) is 38.4 Å². The van der Waals surface area contributed by atoms with Crippen molar-refractivity contribution < 1.29 is 9.18 Å². The van der Waals surface area contributed by atoms with E-state index in [0.717, 1.165) is 11.1 Å². The predicted octanol–water partition coefficient (Wildman–Crippen LogP) is 3.68. The summed E-state index contributed by atoms with van der Waals surface area (Å²) in [5, 5.41) is 8.95. The molecule has 1 aromatic heterocycles. The maximum absolute atomic E-state index is 13.1. The average molecular weight is 384 g/mol. The molecule has 1 heterocycles. The lowest BCUT2D eigenvalue weighted by Crippen LogP contribution is -2.27. The van der Waals surface area contributed by atoms with Crippen LogP contribution in [0.5, 0.6) is 0 Å². The Morgan fingerprint density at radius 1 is 1.11 bits per heavy atom. The topological polar surface area (TPSA) is 51.0 Å². The van der Waals surface area contributed by atoms with E-state index >= 15 is 0 Å². The van der Waals surface area contributed by atoms with Crippen molar-refractivity contribution in [3.8, 4) is 11.4 Å². The Bertz CT molecular complexity index is 922. The molecule has 0 unspecified atom stereocenters. The first-order chi connectivity index (χ1) is 12.9. The molecule has 2 aromatic carbocycles. The lowest BCUT2D eigenvalue weighted by Gasteiger charge is -2.17. The Morgan fingerprint density at radius 2 is 1.78 bits per heavy atom. The molecular formula is C20H21FN4OS. The van der Waals surface area contributed by atoms with Crippen LogP contribution in [0.3, 0.4) is 0 Å². The SMILES string of the molecule is Cc1ccc(CN(C)C(=O)CSc2nnc(-c3ccc(F)cc3)n2C)cc1. The third-order valence-corrected chi connectivity index (χ3v) is 5.23. The molecule has 1 amide bonds. The molecule has 27 heavy (non-hydrogen) atoms. The van der Waals surface area contributed by atoms with Crippen molar-refractivity contribution in [1.29, 1.82) is 0 Å². The van der Waals surface area contributed by atoms with Crippen molar-refractivity contribution in [1.82, 2.24) is 19.7 Å². The number of rotatable bonds is 6. The number of benzene rings is 2. The van der Waals surface area contributed by atoms with Gasteiger partial charge in [-0.1, -0.05) is 41.6 Å². The first-order valence-electron chi connectivity index (χ1n) is 8.51. The lowest BCUT2D eigenvalue weighted by molar-refractivity contribution is -0.127. The molecule has 5 nitrogen and oxygen atoms in total. The molecule has 0 saturated carbocycles. The van der Waals surface area contributed by atoms with Crippen molar-refractivity contribution in [2.75, 3.05) is 12.8 Å². The zero-order valence-corrected chi connectivity index (χ0v) is 16.3. The van der Waals surface area contributed by atoms with Gasteiger partial charge in [-0.3, -0.25) is 4.79 Å². The van der Waals surface area contributed by atoms with Crippen LogP contribution in [0, 0.1) is 12.7 Å². The zero-order valence-electron chi connectivity index (χ0n) is 15.5. The molecule has 0 N–H and O–H groups in total. The molecule has 0 saturated heterocycles. The second kappa shape index (κ2) is 8.35. The van der Waals surface area contributed by atoms with Gasteiger partial charge in [0.15, 0.2) is 11.0 Å². The highest BCUT2D eigenvalue weighted by Gasteiger charge is 2.15. The summed E-state index contributed by atoms with van der Waals surface area (Å²) in [5.41, 5.74) is 3.07. The molecule has 0 atom stereocenters. The fourth-order valence-corrected chi connectivity index (χ4v) is 3.43. The summed E-state index contributed by atoms with van der Waals surface area (Å²) in [4.78, 5) is 14.1. The van der Waals surface area contributed by atoms with Crippen molar-refractivity contribution in [3.05, 3.63) is 65.5 Å². The van der Waals surface area contributed by atoms with Gasteiger partial charge in [0.2, 0.25) is 5.91 Å². The zero-order chi connectivity index (χ0) is 19.4. The molecule has 0 aliphatic heterocycles. The molecule has 3 aromatic rings. The summed E-state index contributed by atoms with van der Waals surface area (Å²) < 4.78 is 14.9. The number of hydrogen-bond acceptors (Lipinski definition) is 4. The fraction of sp³-hybridized carbons (Fsp3) is 0.250. The number of carbonyl (C=O) groups excluding carboxylic acids is 1. The highest BCUT2D eigenvalue weighted by molar-refractivity contribution is 7.99. The highest BCUT2D eigenvalue weighted by atomic mass is 32.2. The molecule has 7 heteroatoms. The van der Waals surface area contributed by atoms with Gasteiger partial charge >= 0.3 is 0 Å². The Balaban J connectivity index is 1.60. The summed E-state index contributed by atoms with van der Waals surface area (Å²) >= 11 is 1.34. The molecular weight excluding hydrogens is 363 g/mol. The van der Waals surface area contributed by atoms with Gasteiger partial charge < -0.3 is 9.47 Å². The van der Waals surface area contributed by atoms with Crippen LogP contribution in [0.25, 0.3) is 11.4 Å². The number of halogens is 1. The van der Waals surface area contributed by atoms with Crippen LogP contribution >= 0.6 is 11.8 Å². The summed E-state index contributed by atoms with van der Waals surface area (Å²) in [6.07, 6.45) is 0. The van der Waals surface area contributed by atoms with Gasteiger partial charge in [-0.2, -0.15) is 0 Å². The minimum absolute atomic E-state index is 0.0203. The molecule has 0 aliphatic carbocycles. The molecule has 0 aliphatic rings. The van der Waals surface area contributed by atoms with Crippen molar-refractivity contribution >= 4 is 17.7 Å². The fourth-order valence-electron chi connectivity index (χ4n) is 2.58. The summed E-state index contributed by atoms with van der Waals surface area (Å²) in [6.45, 7) is 2.61. The van der Waals surface area contributed by atoms with Gasteiger partial charge in [0.25, 0.3) is 0 Å². The number of thioether (sulfide) groups is 1. The highest BCUT2D eigenvalue weighted by Crippen LogP contribution is 2.23. The van der Waals surface area contributed by atoms with E-state index < -0.39 is 0 Å². The monoisotopic (exact) mass is 384 g/mol. The minimum Gasteiger partial charge on any atom is -0.341 e. The largest absolute Gasteiger partial charge is 0.341 e. The van der Waals surface area contributed by atoms with E-state index in [1.54, 1.807) is 24.1 Å². The van der Waals surface area contributed by atoms with Crippen molar-refractivity contribution in [2.45, 2.75) is 18.6 Å². The molecule has 0 radical (unpaired) electrons. The van der Waals surface area contributed by atoms with E-state index in [2.05, 4.69) is 10.2 Å². The Morgan fingerprint density at radius 3 is 2.44 bits per heavy atom. The van der Waals surface area contributed by atoms with E-state index in [-0.39, 0.29) is 17.5 Å². The number of nitrogens with zero attached hydrogens (tertiary/aromatic N) is 4. The van der Waals surface area contributed by atoms with Crippen molar-refractivity contribution in [3.63, 3.8) is 0 Å². The second-order valence-corrected chi connectivity index (χ2v) is 7.34. The number of carbonyl (C=O) groups is 1. The summed E-state index contributed by atoms with van der Waals surface area (Å²) in [5.74, 6) is 0.639. The minimum atomic E-state index is -0.294. The maximum atomic E-state index is 13.1. The lowest BCUT2D eigenvalue weighted by atomic mass is 10.1. The van der Waals surface area contributed by atoms with Gasteiger partial charge in [0, 0.05) is 26.2 Å². The standard InChI is InChI=1S/C20H21FN4OS/c1-14-4-6-15(7-5-14)12-24(2)18(26)13-27-20-23-22-19(25(20)3)16-8-10-17(21)11-9-16/h4-11H,12-13H2,1-3H3. The Labute approximate surface area is 162 Å². The third-order valence-electron chi connectivity index (χ3n) is 4.23. The van der Waals surface area contributed by atoms with Crippen LogP contribution in [0.4, 0.5) is 4.39 Å². The number of amides is 1. The molecule has 0 fully saturated rings. The number of hydrogen-bond donors (Lipinski definition) is 0. The van der Waals surface area contributed by atoms with E-state index in [4.69, 9.17) is 0 Å². The van der Waals surface area contributed by atoms with Gasteiger partial charge in [-0.15, -0.1) is 10.2 Å². The quantitative estimate of drug-likeness (QED) is 0.609. The van der Waals surface area contributed by atoms with Gasteiger partial charge in [0.1, 0.15) is 5.82 Å². The van der Waals surface area contributed by atoms with Crippen LogP contribution < -0.4 is 0 Å². The summed E-state index contributed by atoms with van der Waals surface area (Å²) in [6, 6.07) is 14.2. The Kier molecular flexibility index (Phi) is 5.91. The van der Waals surface area contributed by atoms with E-state index in [0.29, 0.717) is 17.5 Å². The molecule has 0 spiro atoms. The normalized spacial score (nSPS) is 10.8. The van der Waals surface area contributed by atoms with Crippen LogP contribution in [-0.2, 0) is 18.4 Å². The average Bonchev–Trinajstić information content (AvgIpc) is 3.03. The van der Waals surface area contributed by atoms with Crippen molar-refractivity contribution in [2.24, 2.45) is 7.05 Å². The maximum Gasteiger partial charge on any atom is 0.233 e. The van der Waals surface area contributed by atoms with Gasteiger partial charge in [-0.25, -0.2) is 4.39 Å². The second-order valence-electron chi connectivity index (χ2n) is 6.40. The number of aryl methyl sites for hydroxylation is 1. The van der Waals surface area contributed by atoms with Crippen LogP contribution in [0.2, 0.25) is 0 Å². The number of aromatic nitrogens is 3. The van der Waals surface area contributed by atoms with E-state index in [9.17, 15) is 9.18 Å². The van der Waals surface area contributed by atoms with E-state index in [1.165, 1.54) is 29.5 Å². The molecule has 3 rings (SSSR count). The summed E-state index contributed by atoms with van der Waals surface area (Å²) in [7, 11) is 3.63. The van der Waals surface area contributed by atoms with Crippen LogP contribution in [0.15, 0.2) is 53.7 Å². The predicted molar refractivity (Wildman–Crippen MR) is 105 cm³/mol.